The predicted molar refractivity (Wildman–Crippen MR) is 125 cm³/mol. The van der Waals surface area contributed by atoms with E-state index in [0.29, 0.717) is 10.8 Å². The van der Waals surface area contributed by atoms with Crippen LogP contribution in [0.4, 0.5) is 0 Å². The van der Waals surface area contributed by atoms with Crippen molar-refractivity contribution < 1.29 is 0 Å². The molecule has 0 N–H and O–H groups in total. The summed E-state index contributed by atoms with van der Waals surface area (Å²) >= 11 is 0. The molecule has 1 heteroatoms. The molecule has 1 unspecified atom stereocenters. The van der Waals surface area contributed by atoms with Gasteiger partial charge in [0.2, 0.25) is 0 Å². The third-order valence-electron chi connectivity index (χ3n) is 10.8. The average Bonchev–Trinajstić information content (AvgIpc) is 2.98. The minimum Gasteiger partial charge on any atom is -0.147 e. The van der Waals surface area contributed by atoms with Crippen LogP contribution < -0.4 is 0 Å². The van der Waals surface area contributed by atoms with Gasteiger partial charge in [0.15, 0.2) is 0 Å². The first-order valence-corrected chi connectivity index (χ1v) is 12.9. The highest BCUT2D eigenvalue weighted by molar-refractivity contribution is 5.85. The zero-order valence-electron chi connectivity index (χ0n) is 19.6. The van der Waals surface area contributed by atoms with Gasteiger partial charge in [0.1, 0.15) is 0 Å². The topological polar surface area (TPSA) is 0 Å². The maximum absolute atomic E-state index is 2.75. The molecule has 0 aromatic rings. The van der Waals surface area contributed by atoms with E-state index in [1.807, 2.05) is 0 Å². The molecule has 4 saturated carbocycles. The smallest absolute Gasteiger partial charge is 0.0264 e. The molecule has 4 fully saturated rings. The van der Waals surface area contributed by atoms with Crippen LogP contribution in [0.3, 0.4) is 0 Å². The Morgan fingerprint density at radius 3 is 2.25 bits per heavy atom. The standard InChI is InChI=1S/C27H48.ClH/c1-19(2)9-8-10-20(3)23-14-15-24-22-13-12-21-11-6-7-17-26(21,4)25(22)16-18-27(23,24)5;/h19-25H,6-18H2,1-5H3;1H/t20-,21?,22+,23-,24+,25+,26+,27-;/m1./s1. The molecular weight excluding hydrogens is 360 g/mol. The maximum Gasteiger partial charge on any atom is -0.0264 e. The van der Waals surface area contributed by atoms with Crippen LogP contribution in [0.2, 0.25) is 0 Å². The first-order chi connectivity index (χ1) is 12.9. The van der Waals surface area contributed by atoms with E-state index in [1.54, 1.807) is 51.4 Å². The van der Waals surface area contributed by atoms with Gasteiger partial charge in [-0.3, -0.25) is 0 Å². The van der Waals surface area contributed by atoms with Crippen LogP contribution in [0.5, 0.6) is 0 Å². The Hall–Kier alpha value is 0.290. The Kier molecular flexibility index (Phi) is 7.22. The average molecular weight is 409 g/mol. The summed E-state index contributed by atoms with van der Waals surface area (Å²) < 4.78 is 0. The van der Waals surface area contributed by atoms with Gasteiger partial charge in [-0.15, -0.1) is 12.4 Å². The predicted octanol–water partition coefficient (Wildman–Crippen LogP) is 8.92. The number of fused-ring (bicyclic) bond motifs is 5. The first kappa shape index (κ1) is 23.0. The highest BCUT2D eigenvalue weighted by atomic mass is 35.5. The number of rotatable bonds is 5. The number of hydrogen-bond acceptors (Lipinski definition) is 0. The van der Waals surface area contributed by atoms with Crippen molar-refractivity contribution in [2.24, 2.45) is 52.3 Å². The van der Waals surface area contributed by atoms with Gasteiger partial charge >= 0.3 is 0 Å². The highest BCUT2D eigenvalue weighted by Crippen LogP contribution is 2.68. The van der Waals surface area contributed by atoms with Gasteiger partial charge in [-0.2, -0.15) is 0 Å². The Labute approximate surface area is 182 Å². The van der Waals surface area contributed by atoms with E-state index in [4.69, 9.17) is 0 Å². The summed E-state index contributed by atoms with van der Waals surface area (Å²) in [5, 5.41) is 0. The third kappa shape index (κ3) is 3.83. The maximum atomic E-state index is 2.75. The second kappa shape index (κ2) is 8.80. The van der Waals surface area contributed by atoms with Crippen LogP contribution in [-0.4, -0.2) is 0 Å². The fourth-order valence-corrected chi connectivity index (χ4v) is 9.32. The first-order valence-electron chi connectivity index (χ1n) is 12.9. The monoisotopic (exact) mass is 408 g/mol. The molecule has 4 aliphatic rings. The van der Waals surface area contributed by atoms with Crippen LogP contribution in [0, 0.1) is 52.3 Å². The van der Waals surface area contributed by atoms with E-state index >= 15 is 0 Å². The van der Waals surface area contributed by atoms with Gasteiger partial charge in [0, 0.05) is 0 Å². The fourth-order valence-electron chi connectivity index (χ4n) is 9.32. The lowest BCUT2D eigenvalue weighted by Gasteiger charge is -2.61. The Bertz CT molecular complexity index is 512. The Morgan fingerprint density at radius 1 is 0.750 bits per heavy atom. The van der Waals surface area contributed by atoms with Gasteiger partial charge < -0.3 is 0 Å². The molecule has 0 radical (unpaired) electrons. The van der Waals surface area contributed by atoms with Crippen molar-refractivity contribution in [2.75, 3.05) is 0 Å². The summed E-state index contributed by atoms with van der Waals surface area (Å²) in [6.07, 6.45) is 19.9. The molecule has 0 aromatic heterocycles. The lowest BCUT2D eigenvalue weighted by atomic mass is 9.44. The minimum atomic E-state index is 0. The lowest BCUT2D eigenvalue weighted by molar-refractivity contribution is -0.114. The Morgan fingerprint density at radius 2 is 1.50 bits per heavy atom. The molecule has 0 spiro atoms. The second-order valence-electron chi connectivity index (χ2n) is 12.4. The highest BCUT2D eigenvalue weighted by Gasteiger charge is 2.59. The van der Waals surface area contributed by atoms with E-state index in [9.17, 15) is 0 Å². The van der Waals surface area contributed by atoms with Crippen molar-refractivity contribution in [2.45, 2.75) is 118 Å². The van der Waals surface area contributed by atoms with E-state index in [0.717, 1.165) is 41.4 Å². The molecule has 0 heterocycles. The van der Waals surface area contributed by atoms with Crippen LogP contribution in [0.15, 0.2) is 0 Å². The molecule has 28 heavy (non-hydrogen) atoms. The van der Waals surface area contributed by atoms with Gasteiger partial charge in [-0.05, 0) is 104 Å². The zero-order valence-corrected chi connectivity index (χ0v) is 20.5. The van der Waals surface area contributed by atoms with Crippen LogP contribution in [-0.2, 0) is 0 Å². The van der Waals surface area contributed by atoms with Gasteiger partial charge in [-0.1, -0.05) is 66.7 Å². The van der Waals surface area contributed by atoms with E-state index < -0.39 is 0 Å². The molecule has 0 amide bonds. The van der Waals surface area contributed by atoms with Crippen molar-refractivity contribution in [3.8, 4) is 0 Å². The molecule has 0 saturated heterocycles. The lowest BCUT2D eigenvalue weighted by Crippen LogP contribution is -2.53. The quantitative estimate of drug-likeness (QED) is 0.425. The van der Waals surface area contributed by atoms with Crippen molar-refractivity contribution >= 4 is 12.4 Å². The molecule has 0 aromatic carbocycles. The van der Waals surface area contributed by atoms with E-state index in [2.05, 4.69) is 34.6 Å². The summed E-state index contributed by atoms with van der Waals surface area (Å²) in [5.41, 5.74) is 1.39. The van der Waals surface area contributed by atoms with Crippen LogP contribution >= 0.6 is 12.4 Å². The molecule has 0 bridgehead atoms. The minimum absolute atomic E-state index is 0. The van der Waals surface area contributed by atoms with Gasteiger partial charge in [0.25, 0.3) is 0 Å². The fraction of sp³-hybridized carbons (Fsp3) is 1.00. The SMILES string of the molecule is CC(C)CCC[C@@H](C)[C@H]1CC[C@H]2[C@@H]3CCC4CCCC[C@]4(C)[C@H]3CC[C@]12C.Cl. The largest absolute Gasteiger partial charge is 0.147 e. The summed E-state index contributed by atoms with van der Waals surface area (Å²) in [7, 11) is 0. The third-order valence-corrected chi connectivity index (χ3v) is 10.8. The summed E-state index contributed by atoms with van der Waals surface area (Å²) in [4.78, 5) is 0. The molecule has 4 aliphatic carbocycles. The normalized spacial score (nSPS) is 46.3. The van der Waals surface area contributed by atoms with Crippen LogP contribution in [0.25, 0.3) is 0 Å². The summed E-state index contributed by atoms with van der Waals surface area (Å²) in [6.45, 7) is 12.9. The van der Waals surface area contributed by atoms with Crippen molar-refractivity contribution in [3.63, 3.8) is 0 Å². The number of hydrogen-bond donors (Lipinski definition) is 0. The molecule has 164 valence electrons. The van der Waals surface area contributed by atoms with E-state index in [1.165, 1.54) is 32.1 Å². The van der Waals surface area contributed by atoms with Crippen molar-refractivity contribution in [1.29, 1.82) is 0 Å². The van der Waals surface area contributed by atoms with E-state index in [-0.39, 0.29) is 12.4 Å². The second-order valence-corrected chi connectivity index (χ2v) is 12.4. The molecule has 0 aliphatic heterocycles. The summed E-state index contributed by atoms with van der Waals surface area (Å²) in [5.74, 6) is 7.15. The van der Waals surface area contributed by atoms with Crippen LogP contribution in [0.1, 0.15) is 118 Å². The molecular formula is C27H49Cl. The van der Waals surface area contributed by atoms with Crippen molar-refractivity contribution in [1.82, 2.24) is 0 Å². The number of halogens is 1. The van der Waals surface area contributed by atoms with Crippen molar-refractivity contribution in [3.05, 3.63) is 0 Å². The molecule has 0 nitrogen and oxygen atoms in total. The molecule has 4 rings (SSSR count). The Balaban J connectivity index is 0.00000225. The zero-order chi connectivity index (χ0) is 19.2. The molecule has 8 atom stereocenters. The van der Waals surface area contributed by atoms with Gasteiger partial charge in [-0.25, -0.2) is 0 Å². The summed E-state index contributed by atoms with van der Waals surface area (Å²) in [6, 6.07) is 0. The van der Waals surface area contributed by atoms with Gasteiger partial charge in [0.05, 0.1) is 0 Å².